The van der Waals surface area contributed by atoms with Crippen LogP contribution in [0.3, 0.4) is 0 Å². The highest BCUT2D eigenvalue weighted by Gasteiger charge is 2.61. The summed E-state index contributed by atoms with van der Waals surface area (Å²) < 4.78 is 32.8. The number of aliphatic hydroxyl groups excluding tert-OH is 1. The lowest BCUT2D eigenvalue weighted by atomic mass is 9.91. The molecule has 1 saturated heterocycles. The van der Waals surface area contributed by atoms with Crippen molar-refractivity contribution in [3.63, 3.8) is 0 Å². The second-order valence-electron chi connectivity index (χ2n) is 5.08. The van der Waals surface area contributed by atoms with Crippen LogP contribution in [-0.4, -0.2) is 77.4 Å². The minimum absolute atomic E-state index is 0.0180. The Morgan fingerprint density at radius 3 is 2.48 bits per heavy atom. The van der Waals surface area contributed by atoms with E-state index < -0.39 is 42.2 Å². The molecule has 5 atom stereocenters. The number of carboxylic acids is 1. The van der Waals surface area contributed by atoms with E-state index in [1.807, 2.05) is 0 Å². The first-order chi connectivity index (χ1) is 9.63. The van der Waals surface area contributed by atoms with Crippen LogP contribution in [0, 0.1) is 0 Å². The Balaban J connectivity index is 3.06. The van der Waals surface area contributed by atoms with E-state index in [9.17, 15) is 23.5 Å². The maximum atomic E-state index is 14.2. The number of nitrogens with one attached hydrogen (secondary N) is 1. The zero-order chi connectivity index (χ0) is 16.4. The number of aliphatic carboxylic acids is 1. The van der Waals surface area contributed by atoms with Gasteiger partial charge in [-0.25, -0.2) is 9.18 Å². The van der Waals surface area contributed by atoms with E-state index in [0.717, 1.165) is 6.92 Å². The van der Waals surface area contributed by atoms with Gasteiger partial charge in [-0.1, -0.05) is 6.92 Å². The number of alkyl halides is 2. The summed E-state index contributed by atoms with van der Waals surface area (Å²) in [5, 5.41) is 20.9. The highest BCUT2D eigenvalue weighted by molar-refractivity contribution is 5.77. The van der Waals surface area contributed by atoms with Crippen molar-refractivity contribution in [2.45, 2.75) is 44.1 Å². The third-order valence-electron chi connectivity index (χ3n) is 3.44. The van der Waals surface area contributed by atoms with Crippen LogP contribution in [0.5, 0.6) is 0 Å². The summed E-state index contributed by atoms with van der Waals surface area (Å²) in [6.07, 6.45) is -6.05. The van der Waals surface area contributed by atoms with Gasteiger partial charge in [-0.3, -0.25) is 4.79 Å². The number of likely N-dealkylation sites (N-methyl/N-ethyl adjacent to an activating group) is 1. The number of ether oxygens (including phenoxy) is 1. The van der Waals surface area contributed by atoms with Gasteiger partial charge in [-0.2, -0.15) is 4.39 Å². The van der Waals surface area contributed by atoms with E-state index in [4.69, 9.17) is 9.84 Å². The van der Waals surface area contributed by atoms with Gasteiger partial charge in [0.25, 0.3) is 0 Å². The van der Waals surface area contributed by atoms with E-state index in [1.165, 1.54) is 0 Å². The quantitative estimate of drug-likeness (QED) is 0.620. The van der Waals surface area contributed by atoms with E-state index in [1.54, 1.807) is 18.9 Å². The molecule has 0 aliphatic carbocycles. The molecule has 0 saturated carbocycles. The van der Waals surface area contributed by atoms with Crippen LogP contribution in [0.25, 0.3) is 0 Å². The SMILES string of the molecule is CCN(C)CC1O[C@](F)(C(=O)O)C(F)[C@@H](O)[C@@H]1NC(C)=O. The summed E-state index contributed by atoms with van der Waals surface area (Å²) >= 11 is 0. The molecule has 0 aromatic rings. The first-order valence-corrected chi connectivity index (χ1v) is 6.51. The van der Waals surface area contributed by atoms with Crippen LogP contribution in [0.4, 0.5) is 8.78 Å². The van der Waals surface area contributed by atoms with Crippen LogP contribution >= 0.6 is 0 Å². The third-order valence-corrected chi connectivity index (χ3v) is 3.44. The fourth-order valence-electron chi connectivity index (χ4n) is 2.15. The molecule has 122 valence electrons. The molecule has 1 fully saturated rings. The second kappa shape index (κ2) is 6.63. The van der Waals surface area contributed by atoms with Gasteiger partial charge in [0, 0.05) is 13.5 Å². The number of carbonyl (C=O) groups excluding carboxylic acids is 1. The lowest BCUT2D eigenvalue weighted by molar-refractivity contribution is -0.275. The lowest BCUT2D eigenvalue weighted by Crippen LogP contribution is -2.69. The molecule has 0 aromatic carbocycles. The zero-order valence-electron chi connectivity index (χ0n) is 12.0. The van der Waals surface area contributed by atoms with Gasteiger partial charge in [-0.05, 0) is 13.6 Å². The highest BCUT2D eigenvalue weighted by Crippen LogP contribution is 2.34. The first kappa shape index (κ1) is 17.7. The number of halogens is 2. The number of rotatable bonds is 5. The molecule has 1 aliphatic rings. The molecule has 0 spiro atoms. The number of hydrogen-bond acceptors (Lipinski definition) is 5. The predicted octanol–water partition coefficient (Wildman–Crippen LogP) is -0.709. The smallest absolute Gasteiger partial charge is 0.372 e. The van der Waals surface area contributed by atoms with Crippen LogP contribution in [0.1, 0.15) is 13.8 Å². The molecule has 1 rings (SSSR count). The van der Waals surface area contributed by atoms with Crippen molar-refractivity contribution in [3.8, 4) is 0 Å². The summed E-state index contributed by atoms with van der Waals surface area (Å²) in [7, 11) is 1.66. The van der Waals surface area contributed by atoms with E-state index in [-0.39, 0.29) is 6.54 Å². The summed E-state index contributed by atoms with van der Waals surface area (Å²) in [6, 6.07) is -1.24. The molecular weight excluding hydrogens is 290 g/mol. The highest BCUT2D eigenvalue weighted by atomic mass is 19.2. The largest absolute Gasteiger partial charge is 0.477 e. The molecule has 0 bridgehead atoms. The van der Waals surface area contributed by atoms with Gasteiger partial charge < -0.3 is 25.2 Å². The molecule has 2 unspecified atom stereocenters. The minimum atomic E-state index is -3.65. The Kier molecular flexibility index (Phi) is 5.60. The Bertz CT molecular complexity index is 411. The molecule has 21 heavy (non-hydrogen) atoms. The molecule has 1 aliphatic heterocycles. The van der Waals surface area contributed by atoms with Gasteiger partial charge in [0.2, 0.25) is 5.91 Å². The molecule has 1 amide bonds. The summed E-state index contributed by atoms with van der Waals surface area (Å²) in [4.78, 5) is 23.7. The number of aliphatic hydroxyl groups is 1. The van der Waals surface area contributed by atoms with Crippen LogP contribution < -0.4 is 5.32 Å². The van der Waals surface area contributed by atoms with Crippen molar-refractivity contribution in [3.05, 3.63) is 0 Å². The third kappa shape index (κ3) is 3.66. The number of amides is 1. The second-order valence-corrected chi connectivity index (χ2v) is 5.08. The van der Waals surface area contributed by atoms with Gasteiger partial charge in [0.15, 0.2) is 6.17 Å². The topological polar surface area (TPSA) is 99.1 Å². The molecule has 7 nitrogen and oxygen atoms in total. The predicted molar refractivity (Wildman–Crippen MR) is 68.0 cm³/mol. The first-order valence-electron chi connectivity index (χ1n) is 6.51. The van der Waals surface area contributed by atoms with Crippen LogP contribution in [0.15, 0.2) is 0 Å². The van der Waals surface area contributed by atoms with E-state index >= 15 is 0 Å². The van der Waals surface area contributed by atoms with Crippen molar-refractivity contribution >= 4 is 11.9 Å². The number of nitrogens with zero attached hydrogens (tertiary/aromatic N) is 1. The summed E-state index contributed by atoms with van der Waals surface area (Å²) in [5.41, 5.74) is 0. The van der Waals surface area contributed by atoms with E-state index in [0.29, 0.717) is 6.54 Å². The van der Waals surface area contributed by atoms with Crippen molar-refractivity contribution in [1.29, 1.82) is 0 Å². The van der Waals surface area contributed by atoms with Crippen molar-refractivity contribution in [2.75, 3.05) is 20.1 Å². The van der Waals surface area contributed by atoms with Gasteiger partial charge in [0.1, 0.15) is 6.10 Å². The number of hydrogen-bond donors (Lipinski definition) is 3. The number of carbonyl (C=O) groups is 2. The van der Waals surface area contributed by atoms with Crippen molar-refractivity contribution in [1.82, 2.24) is 10.2 Å². The minimum Gasteiger partial charge on any atom is -0.477 e. The molecule has 0 radical (unpaired) electrons. The fraction of sp³-hybridized carbons (Fsp3) is 0.833. The Morgan fingerprint density at radius 2 is 2.05 bits per heavy atom. The Hall–Kier alpha value is -1.32. The molecule has 3 N–H and O–H groups in total. The molecule has 9 heteroatoms. The fourth-order valence-corrected chi connectivity index (χ4v) is 2.15. The lowest BCUT2D eigenvalue weighted by Gasteiger charge is -2.44. The Labute approximate surface area is 120 Å². The maximum Gasteiger partial charge on any atom is 0.372 e. The van der Waals surface area contributed by atoms with Gasteiger partial charge >= 0.3 is 11.8 Å². The summed E-state index contributed by atoms with van der Waals surface area (Å²) in [5.74, 6) is -6.37. The normalized spacial score (nSPS) is 36.5. The van der Waals surface area contributed by atoms with Gasteiger partial charge in [-0.15, -0.1) is 0 Å². The molecular formula is C12H20F2N2O5. The van der Waals surface area contributed by atoms with Crippen LogP contribution in [-0.2, 0) is 14.3 Å². The average Bonchev–Trinajstić information content (AvgIpc) is 2.40. The van der Waals surface area contributed by atoms with Gasteiger partial charge in [0.05, 0.1) is 12.1 Å². The average molecular weight is 310 g/mol. The Morgan fingerprint density at radius 1 is 1.48 bits per heavy atom. The molecule has 0 aromatic heterocycles. The van der Waals surface area contributed by atoms with E-state index in [2.05, 4.69) is 5.32 Å². The standard InChI is InChI=1S/C12H20F2N2O5/c1-4-16(3)5-7-8(15-6(2)17)9(18)10(13)12(14,21-7)11(19)20/h7-10,18H,4-5H2,1-3H3,(H,15,17)(H,19,20)/t7?,8-,9+,10?,12+/m1/s1. The maximum absolute atomic E-state index is 14.2. The van der Waals surface area contributed by atoms with Crippen molar-refractivity contribution in [2.24, 2.45) is 0 Å². The molecule has 1 heterocycles. The van der Waals surface area contributed by atoms with Crippen LogP contribution in [0.2, 0.25) is 0 Å². The summed E-state index contributed by atoms with van der Waals surface area (Å²) in [6.45, 7) is 3.50. The zero-order valence-corrected chi connectivity index (χ0v) is 12.0. The monoisotopic (exact) mass is 310 g/mol. The van der Waals surface area contributed by atoms with Crippen molar-refractivity contribution < 1.29 is 33.3 Å². The number of carboxylic acid groups (broad SMARTS) is 1.